The minimum atomic E-state index is -0.812. The van der Waals surface area contributed by atoms with E-state index >= 15 is 0 Å². The maximum absolute atomic E-state index is 14.1. The highest BCUT2D eigenvalue weighted by Gasteiger charge is 2.37. The van der Waals surface area contributed by atoms with E-state index in [0.717, 1.165) is 30.7 Å². The van der Waals surface area contributed by atoms with E-state index in [9.17, 15) is 18.4 Å². The third-order valence-corrected chi connectivity index (χ3v) is 6.90. The standard InChI is InChI=1S/C28H32F2N4O3/c1-18(2)34-14-12-24(22(17-34)28(36)33(3)13-11-19-7-5-4-6-8-19)31-27(35)25-16-26(37-32-25)21-10-9-20(29)15-23(21)30/h4-10,15-16,18,22,24H,11-14,17H2,1-3H3,(H,31,35)/t22-,24-/m1/s1. The van der Waals surface area contributed by atoms with E-state index in [-0.39, 0.29) is 29.0 Å². The number of likely N-dealkylation sites (tertiary alicyclic amines) is 1. The molecule has 1 fully saturated rings. The summed E-state index contributed by atoms with van der Waals surface area (Å²) in [4.78, 5) is 30.5. The van der Waals surface area contributed by atoms with Gasteiger partial charge < -0.3 is 14.7 Å². The van der Waals surface area contributed by atoms with Gasteiger partial charge in [0.15, 0.2) is 11.5 Å². The zero-order chi connectivity index (χ0) is 26.5. The summed E-state index contributed by atoms with van der Waals surface area (Å²) in [5, 5.41) is 6.73. The fraction of sp³-hybridized carbons (Fsp3) is 0.393. The molecule has 1 saturated heterocycles. The van der Waals surface area contributed by atoms with Crippen molar-refractivity contribution in [2.24, 2.45) is 5.92 Å². The Kier molecular flexibility index (Phi) is 8.33. The topological polar surface area (TPSA) is 78.7 Å². The van der Waals surface area contributed by atoms with E-state index in [2.05, 4.69) is 29.2 Å². The number of nitrogens with zero attached hydrogens (tertiary/aromatic N) is 3. The molecule has 0 spiro atoms. The molecule has 1 aromatic heterocycles. The minimum Gasteiger partial charge on any atom is -0.355 e. The first-order chi connectivity index (χ1) is 17.7. The summed E-state index contributed by atoms with van der Waals surface area (Å²) in [6, 6.07) is 14.3. The highest BCUT2D eigenvalue weighted by molar-refractivity contribution is 5.94. The van der Waals surface area contributed by atoms with Gasteiger partial charge in [0.25, 0.3) is 5.91 Å². The van der Waals surface area contributed by atoms with Crippen LogP contribution in [-0.4, -0.2) is 65.5 Å². The highest BCUT2D eigenvalue weighted by Crippen LogP contribution is 2.25. The fourth-order valence-corrected chi connectivity index (χ4v) is 4.64. The second-order valence-corrected chi connectivity index (χ2v) is 9.76. The Morgan fingerprint density at radius 2 is 1.92 bits per heavy atom. The van der Waals surface area contributed by atoms with Gasteiger partial charge >= 0.3 is 0 Å². The van der Waals surface area contributed by atoms with Gasteiger partial charge in [0.05, 0.1) is 11.5 Å². The van der Waals surface area contributed by atoms with Crippen LogP contribution in [0.2, 0.25) is 0 Å². The number of benzene rings is 2. The van der Waals surface area contributed by atoms with E-state index < -0.39 is 29.5 Å². The van der Waals surface area contributed by atoms with Gasteiger partial charge in [-0.25, -0.2) is 8.78 Å². The maximum atomic E-state index is 14.1. The Morgan fingerprint density at radius 3 is 2.62 bits per heavy atom. The van der Waals surface area contributed by atoms with Crippen LogP contribution in [0.4, 0.5) is 8.78 Å². The van der Waals surface area contributed by atoms with Crippen LogP contribution in [0.5, 0.6) is 0 Å². The van der Waals surface area contributed by atoms with Gasteiger partial charge in [0.1, 0.15) is 11.6 Å². The molecule has 1 aliphatic rings. The number of aromatic nitrogens is 1. The summed E-state index contributed by atoms with van der Waals surface area (Å²) in [7, 11) is 1.79. The maximum Gasteiger partial charge on any atom is 0.273 e. The van der Waals surface area contributed by atoms with Crippen molar-refractivity contribution in [1.82, 2.24) is 20.3 Å². The Balaban J connectivity index is 1.46. The van der Waals surface area contributed by atoms with Gasteiger partial charge in [-0.15, -0.1) is 0 Å². The lowest BCUT2D eigenvalue weighted by molar-refractivity contribution is -0.137. The molecule has 4 rings (SSSR count). The molecule has 0 radical (unpaired) electrons. The summed E-state index contributed by atoms with van der Waals surface area (Å²) in [6.45, 7) is 6.01. The molecule has 2 atom stereocenters. The lowest BCUT2D eigenvalue weighted by Gasteiger charge is -2.41. The molecule has 0 bridgehead atoms. The lowest BCUT2D eigenvalue weighted by atomic mass is 9.89. The second kappa shape index (κ2) is 11.6. The molecular weight excluding hydrogens is 478 g/mol. The van der Waals surface area contributed by atoms with Crippen LogP contribution in [-0.2, 0) is 11.2 Å². The molecule has 1 N–H and O–H groups in total. The van der Waals surface area contributed by atoms with Crippen LogP contribution in [0.1, 0.15) is 36.3 Å². The van der Waals surface area contributed by atoms with Crippen LogP contribution >= 0.6 is 0 Å². The molecule has 0 saturated carbocycles. The molecule has 2 heterocycles. The van der Waals surface area contributed by atoms with Crippen LogP contribution in [0.3, 0.4) is 0 Å². The largest absolute Gasteiger partial charge is 0.355 e. The number of hydrogen-bond acceptors (Lipinski definition) is 5. The smallest absolute Gasteiger partial charge is 0.273 e. The zero-order valence-corrected chi connectivity index (χ0v) is 21.3. The minimum absolute atomic E-state index is 0.00582. The molecule has 3 aromatic rings. The van der Waals surface area contributed by atoms with E-state index in [0.29, 0.717) is 19.5 Å². The molecule has 0 unspecified atom stereocenters. The third kappa shape index (κ3) is 6.40. The van der Waals surface area contributed by atoms with E-state index in [1.165, 1.54) is 12.1 Å². The number of hydrogen-bond donors (Lipinski definition) is 1. The van der Waals surface area contributed by atoms with Crippen molar-refractivity contribution in [1.29, 1.82) is 0 Å². The average molecular weight is 511 g/mol. The molecular formula is C28H32F2N4O3. The molecule has 2 amide bonds. The van der Waals surface area contributed by atoms with E-state index in [4.69, 9.17) is 4.52 Å². The predicted molar refractivity (Wildman–Crippen MR) is 136 cm³/mol. The van der Waals surface area contributed by atoms with Gasteiger partial charge in [-0.2, -0.15) is 0 Å². The summed E-state index contributed by atoms with van der Waals surface area (Å²) < 4.78 is 32.5. The van der Waals surface area contributed by atoms with Gasteiger partial charge in [-0.3, -0.25) is 14.5 Å². The number of amides is 2. The third-order valence-electron chi connectivity index (χ3n) is 6.90. The number of carbonyl (C=O) groups excluding carboxylic acids is 2. The van der Waals surface area contributed by atoms with Gasteiger partial charge in [0.2, 0.25) is 5.91 Å². The second-order valence-electron chi connectivity index (χ2n) is 9.76. The van der Waals surface area contributed by atoms with E-state index in [1.54, 1.807) is 11.9 Å². The van der Waals surface area contributed by atoms with Crippen LogP contribution in [0, 0.1) is 17.6 Å². The molecule has 2 aromatic carbocycles. The van der Waals surface area contributed by atoms with Crippen molar-refractivity contribution in [3.05, 3.63) is 77.5 Å². The van der Waals surface area contributed by atoms with Gasteiger partial charge in [-0.1, -0.05) is 35.5 Å². The van der Waals surface area contributed by atoms with Crippen LogP contribution in [0.25, 0.3) is 11.3 Å². The monoisotopic (exact) mass is 510 g/mol. The first-order valence-corrected chi connectivity index (χ1v) is 12.5. The number of piperidine rings is 1. The Hall–Kier alpha value is -3.59. The van der Waals surface area contributed by atoms with Crippen LogP contribution in [0.15, 0.2) is 59.1 Å². The van der Waals surface area contributed by atoms with Crippen molar-refractivity contribution in [2.45, 2.75) is 38.8 Å². The van der Waals surface area contributed by atoms with Crippen molar-refractivity contribution < 1.29 is 22.9 Å². The molecule has 9 heteroatoms. The van der Waals surface area contributed by atoms with Crippen molar-refractivity contribution in [2.75, 3.05) is 26.7 Å². The fourth-order valence-electron chi connectivity index (χ4n) is 4.64. The Bertz CT molecular complexity index is 1230. The SMILES string of the molecule is CC(C)N1CC[C@@H](NC(=O)c2cc(-c3ccc(F)cc3F)on2)[C@H](C(=O)N(C)CCc2ccccc2)C1. The summed E-state index contributed by atoms with van der Waals surface area (Å²) in [6.07, 6.45) is 1.34. The van der Waals surface area contributed by atoms with Crippen molar-refractivity contribution >= 4 is 11.8 Å². The van der Waals surface area contributed by atoms with Gasteiger partial charge in [0, 0.05) is 50.9 Å². The number of rotatable bonds is 8. The number of carbonyl (C=O) groups is 2. The first kappa shape index (κ1) is 26.5. The lowest BCUT2D eigenvalue weighted by Crippen LogP contribution is -2.57. The molecule has 1 aliphatic heterocycles. The summed E-state index contributed by atoms with van der Waals surface area (Å²) >= 11 is 0. The molecule has 37 heavy (non-hydrogen) atoms. The van der Waals surface area contributed by atoms with Crippen molar-refractivity contribution in [3.63, 3.8) is 0 Å². The number of likely N-dealkylation sites (N-methyl/N-ethyl adjacent to an activating group) is 1. The Labute approximate surface area is 215 Å². The Morgan fingerprint density at radius 1 is 1.16 bits per heavy atom. The van der Waals surface area contributed by atoms with Crippen molar-refractivity contribution in [3.8, 4) is 11.3 Å². The van der Waals surface area contributed by atoms with Gasteiger partial charge in [-0.05, 0) is 44.4 Å². The highest BCUT2D eigenvalue weighted by atomic mass is 19.1. The first-order valence-electron chi connectivity index (χ1n) is 12.5. The number of halogens is 2. The molecule has 0 aliphatic carbocycles. The molecule has 7 nitrogen and oxygen atoms in total. The summed E-state index contributed by atoms with van der Waals surface area (Å²) in [5.74, 6) is -2.47. The number of nitrogens with one attached hydrogen (secondary N) is 1. The normalized spacial score (nSPS) is 18.1. The zero-order valence-electron chi connectivity index (χ0n) is 21.3. The summed E-state index contributed by atoms with van der Waals surface area (Å²) in [5.41, 5.74) is 1.12. The predicted octanol–water partition coefficient (Wildman–Crippen LogP) is 4.15. The average Bonchev–Trinajstić information content (AvgIpc) is 3.37. The van der Waals surface area contributed by atoms with Crippen LogP contribution < -0.4 is 5.32 Å². The molecule has 196 valence electrons. The van der Waals surface area contributed by atoms with E-state index in [1.807, 2.05) is 30.3 Å². The quantitative estimate of drug-likeness (QED) is 0.493.